The van der Waals surface area contributed by atoms with Gasteiger partial charge in [0, 0.05) is 27.8 Å². The number of hydrogen-bond donors (Lipinski definition) is 0. The highest BCUT2D eigenvalue weighted by Gasteiger charge is 2.28. The third kappa shape index (κ3) is 5.48. The molecule has 0 aliphatic carbocycles. The Labute approximate surface area is 210 Å². The summed E-state index contributed by atoms with van der Waals surface area (Å²) < 4.78 is 0. The fourth-order valence-electron chi connectivity index (χ4n) is 3.70. The van der Waals surface area contributed by atoms with E-state index in [1.54, 1.807) is 112 Å². The number of benzene rings is 4. The molecule has 0 aliphatic heterocycles. The van der Waals surface area contributed by atoms with E-state index >= 15 is 0 Å². The molecule has 5 nitrogen and oxygen atoms in total. The van der Waals surface area contributed by atoms with Crippen LogP contribution < -0.4 is 4.89 Å². The van der Waals surface area contributed by atoms with Gasteiger partial charge >= 0.3 is 0 Å². The highest BCUT2D eigenvalue weighted by Crippen LogP contribution is 2.30. The summed E-state index contributed by atoms with van der Waals surface area (Å²) in [7, 11) is 0. The highest BCUT2D eigenvalue weighted by atomic mass is 17.2. The largest absolute Gasteiger partial charge is 0.336 e. The SMILES string of the molecule is CC(C)(C)OOc1cccc(C(=O)c2ccccc2)c1C(=O)c1ccccc1C(=O)c1ccccc1. The summed E-state index contributed by atoms with van der Waals surface area (Å²) in [5, 5.41) is 0. The molecular weight excluding hydrogens is 452 g/mol. The van der Waals surface area contributed by atoms with E-state index in [9.17, 15) is 14.4 Å². The topological polar surface area (TPSA) is 69.7 Å². The van der Waals surface area contributed by atoms with E-state index in [1.807, 2.05) is 12.1 Å². The van der Waals surface area contributed by atoms with Gasteiger partial charge in [0.15, 0.2) is 23.1 Å². The second kappa shape index (κ2) is 10.5. The van der Waals surface area contributed by atoms with Crippen LogP contribution in [0.2, 0.25) is 0 Å². The number of ketones is 3. The molecule has 0 spiro atoms. The van der Waals surface area contributed by atoms with Crippen molar-refractivity contribution < 1.29 is 24.2 Å². The van der Waals surface area contributed by atoms with Crippen molar-refractivity contribution >= 4 is 17.3 Å². The molecule has 5 heteroatoms. The van der Waals surface area contributed by atoms with Crippen molar-refractivity contribution in [2.75, 3.05) is 0 Å². The zero-order chi connectivity index (χ0) is 25.7. The Balaban J connectivity index is 1.86. The van der Waals surface area contributed by atoms with E-state index in [4.69, 9.17) is 9.78 Å². The molecule has 0 N–H and O–H groups in total. The third-order valence-corrected chi connectivity index (χ3v) is 5.37. The van der Waals surface area contributed by atoms with Gasteiger partial charge in [-0.15, -0.1) is 0 Å². The second-order valence-electron chi connectivity index (χ2n) is 9.22. The lowest BCUT2D eigenvalue weighted by atomic mass is 9.89. The summed E-state index contributed by atoms with van der Waals surface area (Å²) in [4.78, 5) is 52.0. The van der Waals surface area contributed by atoms with E-state index in [1.165, 1.54) is 0 Å². The second-order valence-corrected chi connectivity index (χ2v) is 9.22. The Bertz CT molecular complexity index is 1400. The molecule has 0 radical (unpaired) electrons. The van der Waals surface area contributed by atoms with Gasteiger partial charge in [-0.05, 0) is 26.8 Å². The average molecular weight is 479 g/mol. The number of hydrogen-bond acceptors (Lipinski definition) is 5. The summed E-state index contributed by atoms with van der Waals surface area (Å²) in [6.07, 6.45) is 0. The highest BCUT2D eigenvalue weighted by molar-refractivity contribution is 6.24. The number of rotatable bonds is 8. The molecule has 0 aliphatic rings. The van der Waals surface area contributed by atoms with Gasteiger partial charge in [0.25, 0.3) is 0 Å². The lowest BCUT2D eigenvalue weighted by Gasteiger charge is -2.20. The standard InChI is InChI=1S/C31H26O5/c1-31(2,3)36-35-26-20-12-19-25(29(33)22-15-8-5-9-16-22)27(26)30(34)24-18-11-10-17-23(24)28(32)21-13-6-4-7-14-21/h4-20H,1-3H3. The molecule has 0 aromatic heterocycles. The fourth-order valence-corrected chi connectivity index (χ4v) is 3.70. The van der Waals surface area contributed by atoms with Crippen LogP contribution in [-0.2, 0) is 4.89 Å². The maximum absolute atomic E-state index is 14.1. The number of carbonyl (C=O) groups excluding carboxylic acids is 3. The van der Waals surface area contributed by atoms with Crippen LogP contribution in [0.5, 0.6) is 5.75 Å². The van der Waals surface area contributed by atoms with Crippen LogP contribution in [0.25, 0.3) is 0 Å². The normalized spacial score (nSPS) is 11.1. The van der Waals surface area contributed by atoms with Crippen molar-refractivity contribution in [3.05, 3.63) is 137 Å². The third-order valence-electron chi connectivity index (χ3n) is 5.37. The molecule has 4 aromatic carbocycles. The lowest BCUT2D eigenvalue weighted by molar-refractivity contribution is -0.274. The van der Waals surface area contributed by atoms with Crippen molar-refractivity contribution in [3.63, 3.8) is 0 Å². The molecular formula is C31H26O5. The van der Waals surface area contributed by atoms with Crippen LogP contribution in [-0.4, -0.2) is 23.0 Å². The maximum atomic E-state index is 14.1. The van der Waals surface area contributed by atoms with Gasteiger partial charge in [-0.3, -0.25) is 14.4 Å². The first-order valence-electron chi connectivity index (χ1n) is 11.6. The smallest absolute Gasteiger partial charge is 0.198 e. The first-order valence-corrected chi connectivity index (χ1v) is 11.6. The van der Waals surface area contributed by atoms with Crippen LogP contribution in [0.3, 0.4) is 0 Å². The van der Waals surface area contributed by atoms with Gasteiger partial charge in [0.1, 0.15) is 5.60 Å². The Morgan fingerprint density at radius 2 is 0.972 bits per heavy atom. The Hall–Kier alpha value is -4.35. The molecule has 180 valence electrons. The van der Waals surface area contributed by atoms with Gasteiger partial charge < -0.3 is 4.89 Å². The van der Waals surface area contributed by atoms with Crippen LogP contribution >= 0.6 is 0 Å². The minimum Gasteiger partial charge on any atom is -0.336 e. The van der Waals surface area contributed by atoms with Crippen molar-refractivity contribution in [3.8, 4) is 5.75 Å². The number of carbonyl (C=O) groups is 3. The van der Waals surface area contributed by atoms with Crippen molar-refractivity contribution in [2.45, 2.75) is 26.4 Å². The summed E-state index contributed by atoms with van der Waals surface area (Å²) in [6.45, 7) is 5.42. The molecule has 4 aromatic rings. The van der Waals surface area contributed by atoms with Gasteiger partial charge in [-0.25, -0.2) is 0 Å². The van der Waals surface area contributed by atoms with E-state index in [2.05, 4.69) is 0 Å². The first-order chi connectivity index (χ1) is 17.3. The summed E-state index contributed by atoms with van der Waals surface area (Å²) in [5.74, 6) is -1.05. The summed E-state index contributed by atoms with van der Waals surface area (Å²) >= 11 is 0. The quantitative estimate of drug-likeness (QED) is 0.164. The van der Waals surface area contributed by atoms with Crippen molar-refractivity contribution in [1.82, 2.24) is 0 Å². The van der Waals surface area contributed by atoms with E-state index < -0.39 is 11.4 Å². The van der Waals surface area contributed by atoms with Gasteiger partial charge in [-0.2, -0.15) is 4.89 Å². The summed E-state index contributed by atoms with van der Waals surface area (Å²) in [6, 6.07) is 28.8. The molecule has 0 amide bonds. The predicted octanol–water partition coefficient (Wildman–Crippen LogP) is 6.49. The molecule has 0 unspecified atom stereocenters. The maximum Gasteiger partial charge on any atom is 0.198 e. The average Bonchev–Trinajstić information content (AvgIpc) is 2.91. The molecule has 0 saturated heterocycles. The zero-order valence-electron chi connectivity index (χ0n) is 20.4. The van der Waals surface area contributed by atoms with Gasteiger partial charge in [0.2, 0.25) is 0 Å². The van der Waals surface area contributed by atoms with Crippen LogP contribution in [0, 0.1) is 0 Å². The van der Waals surface area contributed by atoms with Crippen LogP contribution in [0.1, 0.15) is 68.5 Å². The van der Waals surface area contributed by atoms with E-state index in [0.29, 0.717) is 11.1 Å². The fraction of sp³-hybridized carbons (Fsp3) is 0.129. The van der Waals surface area contributed by atoms with Crippen LogP contribution in [0.15, 0.2) is 103 Å². The Kier molecular flexibility index (Phi) is 7.23. The Morgan fingerprint density at radius 3 is 1.50 bits per heavy atom. The first kappa shape index (κ1) is 24.8. The van der Waals surface area contributed by atoms with Gasteiger partial charge in [0.05, 0.1) is 5.56 Å². The molecule has 0 fully saturated rings. The molecule has 4 rings (SSSR count). The summed E-state index contributed by atoms with van der Waals surface area (Å²) in [5.41, 5.74) is 0.805. The molecule has 0 atom stereocenters. The monoisotopic (exact) mass is 478 g/mol. The molecule has 0 heterocycles. The van der Waals surface area contributed by atoms with E-state index in [0.717, 1.165) is 0 Å². The van der Waals surface area contributed by atoms with Gasteiger partial charge in [-0.1, -0.05) is 97.1 Å². The minimum atomic E-state index is -0.666. The molecule has 0 saturated carbocycles. The molecule has 0 bridgehead atoms. The van der Waals surface area contributed by atoms with Crippen molar-refractivity contribution in [2.24, 2.45) is 0 Å². The Morgan fingerprint density at radius 1 is 0.528 bits per heavy atom. The van der Waals surface area contributed by atoms with Crippen LogP contribution in [0.4, 0.5) is 0 Å². The zero-order valence-corrected chi connectivity index (χ0v) is 20.4. The minimum absolute atomic E-state index is 0.0314. The van der Waals surface area contributed by atoms with E-state index in [-0.39, 0.29) is 39.6 Å². The van der Waals surface area contributed by atoms with Crippen molar-refractivity contribution in [1.29, 1.82) is 0 Å². The molecule has 36 heavy (non-hydrogen) atoms. The lowest BCUT2D eigenvalue weighted by Crippen LogP contribution is -2.23. The predicted molar refractivity (Wildman–Crippen MR) is 138 cm³/mol.